The zero-order valence-corrected chi connectivity index (χ0v) is 11.6. The van der Waals surface area contributed by atoms with Crippen LogP contribution in [-0.2, 0) is 6.61 Å². The standard InChI is InChI=1S/C16H18N2O2/c1-11-9-14(17-2)7-8-15(11)16(20)18-13-5-3-12(10-19)4-6-13/h3-9,17,19H,10H2,1-2H3,(H,18,20). The van der Waals surface area contributed by atoms with Gasteiger partial charge in [-0.15, -0.1) is 0 Å². The zero-order valence-electron chi connectivity index (χ0n) is 11.6. The van der Waals surface area contributed by atoms with E-state index in [1.807, 2.05) is 26.1 Å². The van der Waals surface area contributed by atoms with Crippen molar-refractivity contribution in [2.75, 3.05) is 17.7 Å². The summed E-state index contributed by atoms with van der Waals surface area (Å²) in [6.45, 7) is 1.91. The number of hydrogen-bond acceptors (Lipinski definition) is 3. The number of anilines is 2. The van der Waals surface area contributed by atoms with Gasteiger partial charge in [-0.05, 0) is 48.4 Å². The van der Waals surface area contributed by atoms with E-state index in [4.69, 9.17) is 5.11 Å². The number of carbonyl (C=O) groups excluding carboxylic acids is 1. The number of hydrogen-bond donors (Lipinski definition) is 3. The van der Waals surface area contributed by atoms with Gasteiger partial charge >= 0.3 is 0 Å². The van der Waals surface area contributed by atoms with E-state index in [-0.39, 0.29) is 12.5 Å². The van der Waals surface area contributed by atoms with Crippen molar-refractivity contribution in [2.45, 2.75) is 13.5 Å². The lowest BCUT2D eigenvalue weighted by Gasteiger charge is -2.09. The highest BCUT2D eigenvalue weighted by atomic mass is 16.3. The van der Waals surface area contributed by atoms with Crippen molar-refractivity contribution in [3.8, 4) is 0 Å². The molecule has 0 aromatic heterocycles. The van der Waals surface area contributed by atoms with Gasteiger partial charge in [0.1, 0.15) is 0 Å². The summed E-state index contributed by atoms with van der Waals surface area (Å²) in [5.74, 6) is -0.137. The molecule has 4 heteroatoms. The Hall–Kier alpha value is -2.33. The van der Waals surface area contributed by atoms with E-state index >= 15 is 0 Å². The second-order valence-electron chi connectivity index (χ2n) is 4.59. The van der Waals surface area contributed by atoms with Gasteiger partial charge < -0.3 is 15.7 Å². The number of rotatable bonds is 4. The smallest absolute Gasteiger partial charge is 0.255 e. The highest BCUT2D eigenvalue weighted by molar-refractivity contribution is 6.05. The highest BCUT2D eigenvalue weighted by Gasteiger charge is 2.09. The van der Waals surface area contributed by atoms with Crippen LogP contribution in [0, 0.1) is 6.92 Å². The Bertz CT molecular complexity index is 606. The van der Waals surface area contributed by atoms with Crippen LogP contribution in [0.1, 0.15) is 21.5 Å². The van der Waals surface area contributed by atoms with Crippen molar-refractivity contribution < 1.29 is 9.90 Å². The monoisotopic (exact) mass is 270 g/mol. The lowest BCUT2D eigenvalue weighted by Crippen LogP contribution is -2.13. The molecule has 0 saturated heterocycles. The van der Waals surface area contributed by atoms with Gasteiger partial charge in [-0.25, -0.2) is 0 Å². The zero-order chi connectivity index (χ0) is 14.5. The van der Waals surface area contributed by atoms with Crippen LogP contribution in [0.3, 0.4) is 0 Å². The molecule has 0 aliphatic rings. The van der Waals surface area contributed by atoms with Crippen LogP contribution in [0.15, 0.2) is 42.5 Å². The van der Waals surface area contributed by atoms with Gasteiger partial charge in [0.25, 0.3) is 5.91 Å². The van der Waals surface area contributed by atoms with E-state index in [9.17, 15) is 4.79 Å². The first-order valence-electron chi connectivity index (χ1n) is 6.43. The van der Waals surface area contributed by atoms with Crippen molar-refractivity contribution in [3.63, 3.8) is 0 Å². The molecule has 2 aromatic rings. The first kappa shape index (κ1) is 14.1. The summed E-state index contributed by atoms with van der Waals surface area (Å²) in [7, 11) is 1.84. The molecule has 2 rings (SSSR count). The predicted octanol–water partition coefficient (Wildman–Crippen LogP) is 2.78. The molecule has 104 valence electrons. The van der Waals surface area contributed by atoms with Gasteiger partial charge in [0, 0.05) is 24.0 Å². The Morgan fingerprint density at radius 2 is 1.75 bits per heavy atom. The average Bonchev–Trinajstić information content (AvgIpc) is 2.47. The Balaban J connectivity index is 2.14. The fourth-order valence-electron chi connectivity index (χ4n) is 1.97. The lowest BCUT2D eigenvalue weighted by atomic mass is 10.1. The maximum absolute atomic E-state index is 12.2. The van der Waals surface area contributed by atoms with Crippen molar-refractivity contribution >= 4 is 17.3 Å². The van der Waals surface area contributed by atoms with Crippen LogP contribution in [0.25, 0.3) is 0 Å². The summed E-state index contributed by atoms with van der Waals surface area (Å²) in [5.41, 5.74) is 4.07. The fourth-order valence-corrected chi connectivity index (χ4v) is 1.97. The third kappa shape index (κ3) is 3.16. The molecule has 0 saturated carbocycles. The third-order valence-corrected chi connectivity index (χ3v) is 3.15. The van der Waals surface area contributed by atoms with E-state index in [0.717, 1.165) is 16.8 Å². The Morgan fingerprint density at radius 1 is 1.10 bits per heavy atom. The summed E-state index contributed by atoms with van der Waals surface area (Å²) in [6, 6.07) is 12.7. The minimum Gasteiger partial charge on any atom is -0.392 e. The van der Waals surface area contributed by atoms with E-state index in [1.165, 1.54) is 0 Å². The normalized spacial score (nSPS) is 10.2. The van der Waals surface area contributed by atoms with Crippen LogP contribution in [-0.4, -0.2) is 18.1 Å². The molecule has 0 atom stereocenters. The van der Waals surface area contributed by atoms with Crippen molar-refractivity contribution in [1.82, 2.24) is 0 Å². The van der Waals surface area contributed by atoms with Crippen molar-refractivity contribution in [2.24, 2.45) is 0 Å². The summed E-state index contributed by atoms with van der Waals surface area (Å²) in [6.07, 6.45) is 0. The molecule has 0 unspecified atom stereocenters. The third-order valence-electron chi connectivity index (χ3n) is 3.15. The number of amides is 1. The maximum atomic E-state index is 12.2. The quantitative estimate of drug-likeness (QED) is 0.800. The topological polar surface area (TPSA) is 61.4 Å². The summed E-state index contributed by atoms with van der Waals surface area (Å²) in [4.78, 5) is 12.2. The first-order chi connectivity index (χ1) is 9.63. The number of nitrogens with one attached hydrogen (secondary N) is 2. The summed E-state index contributed by atoms with van der Waals surface area (Å²) in [5, 5.41) is 14.9. The molecule has 2 aromatic carbocycles. The largest absolute Gasteiger partial charge is 0.392 e. The summed E-state index contributed by atoms with van der Waals surface area (Å²) >= 11 is 0. The molecule has 0 fully saturated rings. The second kappa shape index (κ2) is 6.21. The van der Waals surface area contributed by atoms with Crippen LogP contribution in [0.2, 0.25) is 0 Å². The maximum Gasteiger partial charge on any atom is 0.255 e. The molecular weight excluding hydrogens is 252 g/mol. The molecule has 20 heavy (non-hydrogen) atoms. The molecule has 4 nitrogen and oxygen atoms in total. The molecule has 0 aliphatic heterocycles. The number of aliphatic hydroxyl groups is 1. The highest BCUT2D eigenvalue weighted by Crippen LogP contribution is 2.17. The Labute approximate surface area is 118 Å². The van der Waals surface area contributed by atoms with Gasteiger partial charge in [0.2, 0.25) is 0 Å². The molecule has 0 radical (unpaired) electrons. The van der Waals surface area contributed by atoms with E-state index < -0.39 is 0 Å². The molecule has 0 bridgehead atoms. The SMILES string of the molecule is CNc1ccc(C(=O)Nc2ccc(CO)cc2)c(C)c1. The number of carbonyl (C=O) groups is 1. The van der Waals surface area contributed by atoms with E-state index in [0.29, 0.717) is 11.3 Å². The molecule has 3 N–H and O–H groups in total. The molecule has 0 aliphatic carbocycles. The number of aryl methyl sites for hydroxylation is 1. The second-order valence-corrected chi connectivity index (χ2v) is 4.59. The minimum absolute atomic E-state index is 0.00118. The molecule has 0 heterocycles. The number of benzene rings is 2. The van der Waals surface area contributed by atoms with Crippen LogP contribution in [0.4, 0.5) is 11.4 Å². The minimum atomic E-state index is -0.137. The molecular formula is C16H18N2O2. The van der Waals surface area contributed by atoms with Gasteiger partial charge in [-0.2, -0.15) is 0 Å². The fraction of sp³-hybridized carbons (Fsp3) is 0.188. The Kier molecular flexibility index (Phi) is 4.38. The lowest BCUT2D eigenvalue weighted by molar-refractivity contribution is 0.102. The molecule has 0 spiro atoms. The van der Waals surface area contributed by atoms with Gasteiger partial charge in [-0.1, -0.05) is 12.1 Å². The first-order valence-corrected chi connectivity index (χ1v) is 6.43. The van der Waals surface area contributed by atoms with Gasteiger partial charge in [-0.3, -0.25) is 4.79 Å². The van der Waals surface area contributed by atoms with Crippen molar-refractivity contribution in [3.05, 3.63) is 59.2 Å². The predicted molar refractivity (Wildman–Crippen MR) is 81.0 cm³/mol. The van der Waals surface area contributed by atoms with E-state index in [1.54, 1.807) is 30.3 Å². The van der Waals surface area contributed by atoms with Crippen molar-refractivity contribution in [1.29, 1.82) is 0 Å². The average molecular weight is 270 g/mol. The summed E-state index contributed by atoms with van der Waals surface area (Å²) < 4.78 is 0. The Morgan fingerprint density at radius 3 is 2.30 bits per heavy atom. The van der Waals surface area contributed by atoms with Crippen LogP contribution < -0.4 is 10.6 Å². The van der Waals surface area contributed by atoms with Gasteiger partial charge in [0.15, 0.2) is 0 Å². The molecule has 1 amide bonds. The van der Waals surface area contributed by atoms with Crippen LogP contribution >= 0.6 is 0 Å². The number of aliphatic hydroxyl groups excluding tert-OH is 1. The van der Waals surface area contributed by atoms with Gasteiger partial charge in [0.05, 0.1) is 6.61 Å². The van der Waals surface area contributed by atoms with Crippen LogP contribution in [0.5, 0.6) is 0 Å². The van der Waals surface area contributed by atoms with E-state index in [2.05, 4.69) is 10.6 Å².